The Morgan fingerprint density at radius 3 is 1.45 bits per heavy atom. The molecule has 1 unspecified atom stereocenters. The average Bonchev–Trinajstić information content (AvgIpc) is 2.51. The fourth-order valence-corrected chi connectivity index (χ4v) is 2.97. The molecule has 0 aliphatic rings. The van der Waals surface area contributed by atoms with Gasteiger partial charge in [0.15, 0.2) is 0 Å². The summed E-state index contributed by atoms with van der Waals surface area (Å²) < 4.78 is 0. The van der Waals surface area contributed by atoms with Gasteiger partial charge in [0, 0.05) is 0 Å². The Morgan fingerprint density at radius 1 is 0.773 bits per heavy atom. The summed E-state index contributed by atoms with van der Waals surface area (Å²) in [5, 5.41) is 2.97. The highest BCUT2D eigenvalue weighted by Gasteiger charge is 2.10. The van der Waals surface area contributed by atoms with E-state index in [0.29, 0.717) is 0 Å². The molecule has 0 aliphatic carbocycles. The molecule has 0 aromatic rings. The second-order valence-electron chi connectivity index (χ2n) is 6.63. The Balaban J connectivity index is 3.13. The smallest absolute Gasteiger partial charge is 0.234 e. The minimum absolute atomic E-state index is 0.141. The summed E-state index contributed by atoms with van der Waals surface area (Å²) in [7, 11) is 1.80. The molecule has 0 fully saturated rings. The number of likely N-dealkylation sites (N-methyl/N-ethyl adjacent to an activating group) is 1. The van der Waals surface area contributed by atoms with Crippen molar-refractivity contribution >= 4 is 5.91 Å². The number of nitrogens with one attached hydrogen (secondary N) is 1. The van der Waals surface area contributed by atoms with E-state index < -0.39 is 0 Å². The Bertz CT molecular complexity index is 244. The lowest BCUT2D eigenvalue weighted by molar-refractivity contribution is -0.120. The molecule has 0 saturated heterocycles. The number of unbranched alkanes of at least 4 members (excludes halogenated alkanes) is 13. The van der Waals surface area contributed by atoms with E-state index in [1.54, 1.807) is 7.05 Å². The number of amides is 1. The van der Waals surface area contributed by atoms with E-state index in [1.165, 1.54) is 83.5 Å². The molecule has 0 bridgehead atoms. The number of primary amides is 1. The molecule has 0 spiro atoms. The number of hydrogen-bond donors (Lipinski definition) is 2. The van der Waals surface area contributed by atoms with Crippen molar-refractivity contribution in [2.45, 2.75) is 109 Å². The monoisotopic (exact) mass is 312 g/mol. The normalized spacial score (nSPS) is 12.5. The van der Waals surface area contributed by atoms with Gasteiger partial charge in [-0.25, -0.2) is 0 Å². The molecule has 22 heavy (non-hydrogen) atoms. The van der Waals surface area contributed by atoms with E-state index in [2.05, 4.69) is 12.2 Å². The molecule has 1 amide bonds. The Kier molecular flexibility index (Phi) is 16.4. The molecule has 0 aromatic heterocycles. The SMILES string of the molecule is CCCCCCCCCCCCCCCCC(NC)C(N)=O. The van der Waals surface area contributed by atoms with Crippen LogP contribution in [0.3, 0.4) is 0 Å². The molecular weight excluding hydrogens is 272 g/mol. The van der Waals surface area contributed by atoms with E-state index in [4.69, 9.17) is 5.73 Å². The van der Waals surface area contributed by atoms with Gasteiger partial charge in [-0.2, -0.15) is 0 Å². The number of rotatable bonds is 17. The molecule has 3 N–H and O–H groups in total. The Hall–Kier alpha value is -0.570. The quantitative estimate of drug-likeness (QED) is 0.374. The maximum atomic E-state index is 11.1. The third-order valence-electron chi connectivity index (χ3n) is 4.54. The van der Waals surface area contributed by atoms with Crippen molar-refractivity contribution in [2.75, 3.05) is 7.05 Å². The maximum Gasteiger partial charge on any atom is 0.234 e. The lowest BCUT2D eigenvalue weighted by atomic mass is 10.0. The first kappa shape index (κ1) is 21.4. The Labute approximate surface area is 138 Å². The third kappa shape index (κ3) is 14.4. The van der Waals surface area contributed by atoms with Gasteiger partial charge in [-0.3, -0.25) is 4.79 Å². The van der Waals surface area contributed by atoms with Crippen LogP contribution in [-0.4, -0.2) is 19.0 Å². The van der Waals surface area contributed by atoms with Gasteiger partial charge in [-0.1, -0.05) is 96.8 Å². The fraction of sp³-hybridized carbons (Fsp3) is 0.947. The molecule has 132 valence electrons. The van der Waals surface area contributed by atoms with Crippen LogP contribution in [0.5, 0.6) is 0 Å². The standard InChI is InChI=1S/C19H40N2O/c1-3-4-5-6-7-8-9-10-11-12-13-14-15-16-17-18(21-2)19(20)22/h18,21H,3-17H2,1-2H3,(H2,20,22). The van der Waals surface area contributed by atoms with Gasteiger partial charge in [0.05, 0.1) is 6.04 Å². The average molecular weight is 313 g/mol. The summed E-state index contributed by atoms with van der Waals surface area (Å²) in [6.45, 7) is 2.27. The van der Waals surface area contributed by atoms with E-state index in [-0.39, 0.29) is 11.9 Å². The first-order valence-electron chi connectivity index (χ1n) is 9.69. The van der Waals surface area contributed by atoms with E-state index >= 15 is 0 Å². The molecule has 0 aliphatic heterocycles. The summed E-state index contributed by atoms with van der Waals surface area (Å²) in [5.74, 6) is -0.225. The topological polar surface area (TPSA) is 55.1 Å². The van der Waals surface area contributed by atoms with Crippen LogP contribution in [0.2, 0.25) is 0 Å². The van der Waals surface area contributed by atoms with Crippen molar-refractivity contribution in [2.24, 2.45) is 5.73 Å². The summed E-state index contributed by atoms with van der Waals surface area (Å²) in [5.41, 5.74) is 5.30. The van der Waals surface area contributed by atoms with Crippen LogP contribution >= 0.6 is 0 Å². The minimum Gasteiger partial charge on any atom is -0.368 e. The molecule has 0 aromatic carbocycles. The zero-order chi connectivity index (χ0) is 16.5. The van der Waals surface area contributed by atoms with Crippen molar-refractivity contribution in [3.63, 3.8) is 0 Å². The van der Waals surface area contributed by atoms with Crippen molar-refractivity contribution in [3.05, 3.63) is 0 Å². The van der Waals surface area contributed by atoms with Gasteiger partial charge in [0.1, 0.15) is 0 Å². The second-order valence-corrected chi connectivity index (χ2v) is 6.63. The lowest BCUT2D eigenvalue weighted by Gasteiger charge is -2.11. The van der Waals surface area contributed by atoms with E-state index in [9.17, 15) is 4.79 Å². The highest BCUT2D eigenvalue weighted by atomic mass is 16.1. The van der Waals surface area contributed by atoms with Gasteiger partial charge in [0.2, 0.25) is 5.91 Å². The van der Waals surface area contributed by atoms with E-state index in [1.807, 2.05) is 0 Å². The maximum absolute atomic E-state index is 11.1. The van der Waals surface area contributed by atoms with Crippen LogP contribution in [0.4, 0.5) is 0 Å². The van der Waals surface area contributed by atoms with E-state index in [0.717, 1.165) is 12.8 Å². The van der Waals surface area contributed by atoms with Gasteiger partial charge in [-0.05, 0) is 13.5 Å². The predicted octanol–water partition coefficient (Wildman–Crippen LogP) is 4.93. The molecule has 1 atom stereocenters. The van der Waals surface area contributed by atoms with Crippen LogP contribution in [0.25, 0.3) is 0 Å². The molecule has 3 heteroatoms. The molecular formula is C19H40N2O. The summed E-state index contributed by atoms with van der Waals surface area (Å²) in [6.07, 6.45) is 20.0. The molecule has 0 radical (unpaired) electrons. The zero-order valence-corrected chi connectivity index (χ0v) is 15.2. The van der Waals surface area contributed by atoms with Gasteiger partial charge in [0.25, 0.3) is 0 Å². The highest BCUT2D eigenvalue weighted by molar-refractivity contribution is 5.79. The van der Waals surface area contributed by atoms with Crippen LogP contribution in [-0.2, 0) is 4.79 Å². The lowest BCUT2D eigenvalue weighted by Crippen LogP contribution is -2.38. The second kappa shape index (κ2) is 16.8. The van der Waals surface area contributed by atoms with Crippen LogP contribution in [0, 0.1) is 0 Å². The molecule has 0 saturated carbocycles. The van der Waals surface area contributed by atoms with Gasteiger partial charge in [-0.15, -0.1) is 0 Å². The number of carbonyl (C=O) groups is 1. The van der Waals surface area contributed by atoms with Gasteiger partial charge >= 0.3 is 0 Å². The van der Waals surface area contributed by atoms with Gasteiger partial charge < -0.3 is 11.1 Å². The largest absolute Gasteiger partial charge is 0.368 e. The fourth-order valence-electron chi connectivity index (χ4n) is 2.97. The van der Waals surface area contributed by atoms with Crippen LogP contribution < -0.4 is 11.1 Å². The number of hydrogen-bond acceptors (Lipinski definition) is 2. The minimum atomic E-state index is -0.225. The van der Waals surface area contributed by atoms with Crippen molar-refractivity contribution < 1.29 is 4.79 Å². The van der Waals surface area contributed by atoms with Crippen LogP contribution in [0.15, 0.2) is 0 Å². The first-order chi connectivity index (χ1) is 10.7. The highest BCUT2D eigenvalue weighted by Crippen LogP contribution is 2.13. The number of nitrogens with two attached hydrogens (primary N) is 1. The first-order valence-corrected chi connectivity index (χ1v) is 9.69. The van der Waals surface area contributed by atoms with Crippen LogP contribution in [0.1, 0.15) is 103 Å². The van der Waals surface area contributed by atoms with Crippen molar-refractivity contribution in [1.82, 2.24) is 5.32 Å². The zero-order valence-electron chi connectivity index (χ0n) is 15.2. The summed E-state index contributed by atoms with van der Waals surface area (Å²) in [6, 6.07) is -0.141. The molecule has 0 heterocycles. The number of carbonyl (C=O) groups excluding carboxylic acids is 1. The predicted molar refractivity (Wildman–Crippen MR) is 97.0 cm³/mol. The molecule has 3 nitrogen and oxygen atoms in total. The molecule has 0 rings (SSSR count). The van der Waals surface area contributed by atoms with Crippen molar-refractivity contribution in [3.8, 4) is 0 Å². The summed E-state index contributed by atoms with van der Waals surface area (Å²) in [4.78, 5) is 11.1. The summed E-state index contributed by atoms with van der Waals surface area (Å²) >= 11 is 0. The van der Waals surface area contributed by atoms with Crippen molar-refractivity contribution in [1.29, 1.82) is 0 Å². The third-order valence-corrected chi connectivity index (χ3v) is 4.54. The Morgan fingerprint density at radius 2 is 1.14 bits per heavy atom.